The monoisotopic (exact) mass is 578 g/mol. The normalized spacial score (nSPS) is 22.1. The lowest BCUT2D eigenvalue weighted by molar-refractivity contribution is -0.125. The fourth-order valence-corrected chi connectivity index (χ4v) is 8.21. The Morgan fingerprint density at radius 1 is 1.21 bits per heavy atom. The van der Waals surface area contributed by atoms with E-state index in [2.05, 4.69) is 15.6 Å². The van der Waals surface area contributed by atoms with E-state index in [9.17, 15) is 23.1 Å². The van der Waals surface area contributed by atoms with Gasteiger partial charge in [-0.05, 0) is 61.2 Å². The van der Waals surface area contributed by atoms with Gasteiger partial charge in [0.2, 0.25) is 5.91 Å². The highest BCUT2D eigenvalue weighted by molar-refractivity contribution is 7.89. The quantitative estimate of drug-likeness (QED) is 0.393. The molecule has 0 aromatic carbocycles. The second-order valence-corrected chi connectivity index (χ2v) is 14.8. The summed E-state index contributed by atoms with van der Waals surface area (Å²) in [5, 5.41) is 18.7. The average molecular weight is 579 g/mol. The number of aliphatic hydroxyl groups is 1. The molecule has 4 atom stereocenters. The number of aromatic nitrogens is 1. The van der Waals surface area contributed by atoms with Crippen LogP contribution in [0.15, 0.2) is 46.9 Å². The van der Waals surface area contributed by atoms with E-state index in [-0.39, 0.29) is 22.9 Å². The number of carbonyl (C=O) groups excluding carboxylic acids is 2. The lowest BCUT2D eigenvalue weighted by Crippen LogP contribution is -2.54. The molecule has 0 bridgehead atoms. The van der Waals surface area contributed by atoms with E-state index in [0.29, 0.717) is 24.1 Å². The first-order valence-corrected chi connectivity index (χ1v) is 15.7. The zero-order valence-electron chi connectivity index (χ0n) is 21.9. The summed E-state index contributed by atoms with van der Waals surface area (Å²) >= 11 is 2.94. The van der Waals surface area contributed by atoms with E-state index in [1.165, 1.54) is 27.9 Å². The Balaban J connectivity index is 1.48. The Morgan fingerprint density at radius 3 is 2.63 bits per heavy atom. The molecule has 206 valence electrons. The maximum atomic E-state index is 13.4. The standard InChI is InChI=1S/C26H34N4O5S3/c1-16-8-9-17(19(31)15-30(16)38(34,35)23-7-5-6-11-27-23)28-24(32)18(14-26(2,3)4)29-25(33)22-13-21-20(37-22)10-12-36-21/h5-7,10-13,16-19,31H,8-9,14-15H2,1-4H3,(H,28,32)(H,29,33)/t16-,17+,18+,19+/m1/s1. The summed E-state index contributed by atoms with van der Waals surface area (Å²) < 4.78 is 29.7. The van der Waals surface area contributed by atoms with Crippen molar-refractivity contribution in [2.24, 2.45) is 5.41 Å². The number of hydrogen-bond acceptors (Lipinski definition) is 8. The number of rotatable bonds is 7. The third kappa shape index (κ3) is 6.60. The van der Waals surface area contributed by atoms with Crippen molar-refractivity contribution < 1.29 is 23.1 Å². The van der Waals surface area contributed by atoms with Gasteiger partial charge in [-0.1, -0.05) is 26.8 Å². The van der Waals surface area contributed by atoms with Gasteiger partial charge in [-0.2, -0.15) is 4.31 Å². The molecule has 2 amide bonds. The number of fused-ring (bicyclic) bond motifs is 1. The lowest BCUT2D eigenvalue weighted by atomic mass is 9.87. The summed E-state index contributed by atoms with van der Waals surface area (Å²) in [6.07, 6.45) is 1.51. The molecule has 9 nitrogen and oxygen atoms in total. The number of nitrogens with zero attached hydrogens (tertiary/aromatic N) is 2. The highest BCUT2D eigenvalue weighted by atomic mass is 32.2. The minimum atomic E-state index is -3.92. The van der Waals surface area contributed by atoms with Crippen molar-refractivity contribution in [1.29, 1.82) is 0 Å². The number of hydrogen-bond donors (Lipinski definition) is 3. The number of sulfonamides is 1. The van der Waals surface area contributed by atoms with Crippen LogP contribution in [0.1, 0.15) is 56.6 Å². The number of carbonyl (C=O) groups is 2. The molecule has 0 unspecified atom stereocenters. The smallest absolute Gasteiger partial charge is 0.262 e. The first kappa shape index (κ1) is 28.6. The number of thiophene rings is 2. The van der Waals surface area contributed by atoms with Crippen LogP contribution in [0.25, 0.3) is 9.40 Å². The molecular formula is C26H34N4O5S3. The molecule has 0 aliphatic carbocycles. The molecule has 1 aliphatic heterocycles. The molecule has 12 heteroatoms. The highest BCUT2D eigenvalue weighted by Gasteiger charge is 2.38. The van der Waals surface area contributed by atoms with Gasteiger partial charge < -0.3 is 15.7 Å². The Hall–Kier alpha value is -2.38. The molecule has 38 heavy (non-hydrogen) atoms. The van der Waals surface area contributed by atoms with Crippen LogP contribution < -0.4 is 10.6 Å². The van der Waals surface area contributed by atoms with Crippen LogP contribution in [0.4, 0.5) is 0 Å². The fraction of sp³-hybridized carbons (Fsp3) is 0.500. The molecule has 0 saturated carbocycles. The summed E-state index contributed by atoms with van der Waals surface area (Å²) in [7, 11) is -3.92. The number of amides is 2. The molecule has 1 fully saturated rings. The van der Waals surface area contributed by atoms with Crippen molar-refractivity contribution in [3.63, 3.8) is 0 Å². The predicted octanol–water partition coefficient (Wildman–Crippen LogP) is 3.61. The van der Waals surface area contributed by atoms with Crippen LogP contribution in [-0.4, -0.2) is 65.4 Å². The van der Waals surface area contributed by atoms with Gasteiger partial charge in [-0.3, -0.25) is 9.59 Å². The minimum absolute atomic E-state index is 0.0806. The Kier molecular flexibility index (Phi) is 8.58. The van der Waals surface area contributed by atoms with Gasteiger partial charge in [0, 0.05) is 28.2 Å². The van der Waals surface area contributed by atoms with Crippen LogP contribution >= 0.6 is 22.7 Å². The summed E-state index contributed by atoms with van der Waals surface area (Å²) in [5.74, 6) is -0.713. The molecule has 1 aliphatic rings. The molecule has 0 radical (unpaired) electrons. The summed E-state index contributed by atoms with van der Waals surface area (Å²) in [5.41, 5.74) is -0.255. The van der Waals surface area contributed by atoms with Crippen molar-refractivity contribution in [3.8, 4) is 0 Å². The molecule has 3 aromatic rings. The Morgan fingerprint density at radius 2 is 1.97 bits per heavy atom. The van der Waals surface area contributed by atoms with Gasteiger partial charge in [0.25, 0.3) is 15.9 Å². The van der Waals surface area contributed by atoms with Crippen LogP contribution in [-0.2, 0) is 14.8 Å². The molecule has 4 rings (SSSR count). The number of β-amino-alcohol motifs (C(OH)–C–C–N with tert-alkyl or cyclic N) is 1. The number of aliphatic hydroxyl groups excluding tert-OH is 1. The zero-order chi connectivity index (χ0) is 27.7. The van der Waals surface area contributed by atoms with E-state index >= 15 is 0 Å². The van der Waals surface area contributed by atoms with Gasteiger partial charge in [-0.15, -0.1) is 22.7 Å². The van der Waals surface area contributed by atoms with Crippen molar-refractivity contribution in [3.05, 3.63) is 46.8 Å². The SMILES string of the molecule is C[C@@H]1CC[C@H](NC(=O)[C@H](CC(C)(C)C)NC(=O)c2cc3sccc3s2)[C@@H](O)CN1S(=O)(=O)c1ccccn1. The molecule has 0 spiro atoms. The Bertz CT molecular complexity index is 1350. The second kappa shape index (κ2) is 11.4. The first-order valence-electron chi connectivity index (χ1n) is 12.5. The molecular weight excluding hydrogens is 545 g/mol. The third-order valence-corrected chi connectivity index (χ3v) is 10.5. The highest BCUT2D eigenvalue weighted by Crippen LogP contribution is 2.30. The van der Waals surface area contributed by atoms with Crippen molar-refractivity contribution in [1.82, 2.24) is 19.9 Å². The molecule has 4 heterocycles. The topological polar surface area (TPSA) is 129 Å². The summed E-state index contributed by atoms with van der Waals surface area (Å²) in [6, 6.07) is 6.59. The maximum Gasteiger partial charge on any atom is 0.262 e. The van der Waals surface area contributed by atoms with Crippen molar-refractivity contribution >= 4 is 53.9 Å². The number of nitrogens with one attached hydrogen (secondary N) is 2. The molecule has 1 saturated heterocycles. The molecule has 3 aromatic heterocycles. The van der Waals surface area contributed by atoms with E-state index in [1.54, 1.807) is 30.4 Å². The Labute approximate surface area is 231 Å². The van der Waals surface area contributed by atoms with Gasteiger partial charge in [-0.25, -0.2) is 13.4 Å². The van der Waals surface area contributed by atoms with Crippen LogP contribution in [0, 0.1) is 5.41 Å². The fourth-order valence-electron chi connectivity index (χ4n) is 4.58. The molecule has 3 N–H and O–H groups in total. The summed E-state index contributed by atoms with van der Waals surface area (Å²) in [6.45, 7) is 7.58. The van der Waals surface area contributed by atoms with Crippen LogP contribution in [0.2, 0.25) is 0 Å². The summed E-state index contributed by atoms with van der Waals surface area (Å²) in [4.78, 5) is 31.0. The van der Waals surface area contributed by atoms with Crippen molar-refractivity contribution in [2.45, 2.75) is 76.2 Å². The predicted molar refractivity (Wildman–Crippen MR) is 150 cm³/mol. The van der Waals surface area contributed by atoms with Gasteiger partial charge >= 0.3 is 0 Å². The van der Waals surface area contributed by atoms with E-state index in [4.69, 9.17) is 0 Å². The first-order chi connectivity index (χ1) is 17.8. The minimum Gasteiger partial charge on any atom is -0.390 e. The van der Waals surface area contributed by atoms with Crippen LogP contribution in [0.5, 0.6) is 0 Å². The van der Waals surface area contributed by atoms with E-state index < -0.39 is 40.2 Å². The lowest BCUT2D eigenvalue weighted by Gasteiger charge is -2.30. The van der Waals surface area contributed by atoms with E-state index in [0.717, 1.165) is 9.40 Å². The maximum absolute atomic E-state index is 13.4. The van der Waals surface area contributed by atoms with Gasteiger partial charge in [0.05, 0.1) is 17.0 Å². The van der Waals surface area contributed by atoms with Crippen molar-refractivity contribution in [2.75, 3.05) is 6.54 Å². The van der Waals surface area contributed by atoms with Gasteiger partial charge in [0.15, 0.2) is 5.03 Å². The van der Waals surface area contributed by atoms with Gasteiger partial charge in [0.1, 0.15) is 6.04 Å². The largest absolute Gasteiger partial charge is 0.390 e. The number of pyridine rings is 1. The average Bonchev–Trinajstić information content (AvgIpc) is 3.43. The zero-order valence-corrected chi connectivity index (χ0v) is 24.3. The third-order valence-electron chi connectivity index (χ3n) is 6.56. The second-order valence-electron chi connectivity index (χ2n) is 10.9. The van der Waals surface area contributed by atoms with Crippen LogP contribution in [0.3, 0.4) is 0 Å². The van der Waals surface area contributed by atoms with E-state index in [1.807, 2.05) is 38.3 Å².